The zero-order valence-corrected chi connectivity index (χ0v) is 9.15. The van der Waals surface area contributed by atoms with Crippen LogP contribution in [0.2, 0.25) is 0 Å². The van der Waals surface area contributed by atoms with Gasteiger partial charge in [0.05, 0.1) is 0 Å². The quantitative estimate of drug-likeness (QED) is 0.501. The number of hydrogen-bond donors (Lipinski definition) is 3. The highest BCUT2D eigenvalue weighted by atomic mass is 16.3. The summed E-state index contributed by atoms with van der Waals surface area (Å²) < 4.78 is 0. The first-order valence-electron chi connectivity index (χ1n) is 5.22. The molecule has 0 saturated heterocycles. The van der Waals surface area contributed by atoms with Gasteiger partial charge < -0.3 is 15.5 Å². The van der Waals surface area contributed by atoms with Crippen LogP contribution in [0, 0.1) is 0 Å². The Labute approximate surface area is 102 Å². The van der Waals surface area contributed by atoms with Crippen molar-refractivity contribution in [3.8, 4) is 11.5 Å². The van der Waals surface area contributed by atoms with E-state index in [4.69, 9.17) is 0 Å². The lowest BCUT2D eigenvalue weighted by molar-refractivity contribution is 0.404. The van der Waals surface area contributed by atoms with Gasteiger partial charge in [-0.1, -0.05) is 0 Å². The molecule has 0 saturated carbocycles. The van der Waals surface area contributed by atoms with Crippen LogP contribution in [0.1, 0.15) is 0 Å². The Morgan fingerprint density at radius 1 is 1.06 bits per heavy atom. The summed E-state index contributed by atoms with van der Waals surface area (Å²) in [4.78, 5) is 16.2. The summed E-state index contributed by atoms with van der Waals surface area (Å²) in [7, 11) is 0. The first kappa shape index (κ1) is 10.5. The van der Waals surface area contributed by atoms with E-state index in [1.165, 1.54) is 24.8 Å². The lowest BCUT2D eigenvalue weighted by atomic mass is 10.2. The third-order valence-electron chi connectivity index (χ3n) is 2.54. The molecule has 1 aromatic carbocycles. The monoisotopic (exact) mass is 243 g/mol. The van der Waals surface area contributed by atoms with E-state index in [9.17, 15) is 10.2 Å². The second kappa shape index (κ2) is 3.95. The van der Waals surface area contributed by atoms with Crippen LogP contribution in [-0.2, 0) is 0 Å². The lowest BCUT2D eigenvalue weighted by Gasteiger charge is -2.16. The minimum Gasteiger partial charge on any atom is -0.504 e. The summed E-state index contributed by atoms with van der Waals surface area (Å²) in [6.07, 6.45) is 2.83. The number of rotatable bonds is 1. The van der Waals surface area contributed by atoms with Gasteiger partial charge >= 0.3 is 0 Å². The van der Waals surface area contributed by atoms with Crippen LogP contribution in [0.5, 0.6) is 11.5 Å². The topological polar surface area (TPSA) is 102 Å². The molecule has 0 bridgehead atoms. The predicted octanol–water partition coefficient (Wildman–Crippen LogP) is 0.759. The van der Waals surface area contributed by atoms with Crippen LogP contribution in [0.15, 0.2) is 38.2 Å². The predicted molar refractivity (Wildman–Crippen MR) is 69.0 cm³/mol. The number of phenols is 2. The second-order valence-electron chi connectivity index (χ2n) is 3.74. The molecular weight excluding hydrogens is 234 g/mol. The van der Waals surface area contributed by atoms with Crippen molar-refractivity contribution >= 4 is 30.0 Å². The zero-order chi connectivity index (χ0) is 12.5. The van der Waals surface area contributed by atoms with Crippen LogP contribution in [0.4, 0.5) is 5.69 Å². The highest BCUT2D eigenvalue weighted by Gasteiger charge is 2.26. The molecular formula is C11H9N5O2. The number of anilines is 1. The highest BCUT2D eigenvalue weighted by Crippen LogP contribution is 2.27. The fraction of sp³-hybridized carbons (Fsp3) is 0.0909. The van der Waals surface area contributed by atoms with E-state index >= 15 is 0 Å². The number of benzene rings is 1. The summed E-state index contributed by atoms with van der Waals surface area (Å²) in [5, 5.41) is 21.6. The molecule has 90 valence electrons. The van der Waals surface area contributed by atoms with Crippen LogP contribution in [0.25, 0.3) is 0 Å². The van der Waals surface area contributed by atoms with E-state index in [2.05, 4.69) is 25.3 Å². The van der Waals surface area contributed by atoms with E-state index in [-0.39, 0.29) is 17.5 Å². The summed E-state index contributed by atoms with van der Waals surface area (Å²) in [5.74, 6) is 0.779. The number of aliphatic imine (C=N–C) groups is 4. The van der Waals surface area contributed by atoms with Crippen molar-refractivity contribution in [2.45, 2.75) is 6.04 Å². The van der Waals surface area contributed by atoms with E-state index in [1.807, 2.05) is 0 Å². The Hall–Kier alpha value is -2.70. The first-order chi connectivity index (χ1) is 8.74. The van der Waals surface area contributed by atoms with Gasteiger partial charge in [0.1, 0.15) is 18.5 Å². The Balaban J connectivity index is 1.86. The van der Waals surface area contributed by atoms with E-state index in [0.29, 0.717) is 17.4 Å². The van der Waals surface area contributed by atoms with Crippen molar-refractivity contribution in [2.24, 2.45) is 20.0 Å². The minimum atomic E-state index is -0.328. The zero-order valence-electron chi connectivity index (χ0n) is 9.15. The molecule has 3 rings (SSSR count). The number of nitrogens with zero attached hydrogens (tertiary/aromatic N) is 4. The molecule has 3 N–H and O–H groups in total. The maximum Gasteiger partial charge on any atom is 0.169 e. The van der Waals surface area contributed by atoms with Gasteiger partial charge in [-0.3, -0.25) is 4.99 Å². The summed E-state index contributed by atoms with van der Waals surface area (Å²) >= 11 is 0. The van der Waals surface area contributed by atoms with Crippen molar-refractivity contribution in [3.05, 3.63) is 18.2 Å². The molecule has 1 atom stereocenters. The summed E-state index contributed by atoms with van der Waals surface area (Å²) in [5.41, 5.74) is 0.598. The van der Waals surface area contributed by atoms with Crippen molar-refractivity contribution in [2.75, 3.05) is 5.32 Å². The third-order valence-corrected chi connectivity index (χ3v) is 2.54. The second-order valence-corrected chi connectivity index (χ2v) is 3.74. The van der Waals surface area contributed by atoms with E-state index in [1.54, 1.807) is 6.07 Å². The van der Waals surface area contributed by atoms with E-state index < -0.39 is 0 Å². The average molecular weight is 243 g/mol. The van der Waals surface area contributed by atoms with Crippen LogP contribution < -0.4 is 5.32 Å². The molecule has 2 aliphatic heterocycles. The molecule has 18 heavy (non-hydrogen) atoms. The first-order valence-corrected chi connectivity index (χ1v) is 5.22. The smallest absolute Gasteiger partial charge is 0.169 e. The number of hydrogen-bond acceptors (Lipinski definition) is 7. The van der Waals surface area contributed by atoms with Gasteiger partial charge in [-0.05, 0) is 12.1 Å². The fourth-order valence-corrected chi connectivity index (χ4v) is 1.66. The normalized spacial score (nSPS) is 20.3. The number of fused-ring (bicyclic) bond motifs is 1. The largest absolute Gasteiger partial charge is 0.504 e. The maximum absolute atomic E-state index is 9.41. The SMILES string of the molecule is Oc1ccc(NC2=NC=NC3=NC=NC32)cc1O. The van der Waals surface area contributed by atoms with Gasteiger partial charge in [0, 0.05) is 11.8 Å². The molecule has 0 spiro atoms. The van der Waals surface area contributed by atoms with Crippen LogP contribution in [0.3, 0.4) is 0 Å². The van der Waals surface area contributed by atoms with Crippen LogP contribution >= 0.6 is 0 Å². The fourth-order valence-electron chi connectivity index (χ4n) is 1.66. The molecule has 7 nitrogen and oxygen atoms in total. The molecule has 1 unspecified atom stereocenters. The van der Waals surface area contributed by atoms with Crippen molar-refractivity contribution in [1.29, 1.82) is 0 Å². The van der Waals surface area contributed by atoms with Crippen LogP contribution in [-0.4, -0.2) is 40.6 Å². The molecule has 2 aliphatic rings. The number of aromatic hydroxyl groups is 2. The molecule has 7 heteroatoms. The molecule has 2 heterocycles. The number of phenolic OH excluding ortho intramolecular Hbond substituents is 2. The van der Waals surface area contributed by atoms with Crippen molar-refractivity contribution < 1.29 is 10.2 Å². The molecule has 0 aliphatic carbocycles. The molecule has 0 fully saturated rings. The minimum absolute atomic E-state index is 0.172. The summed E-state index contributed by atoms with van der Waals surface area (Å²) in [6, 6.07) is 4.09. The van der Waals surface area contributed by atoms with Gasteiger partial charge in [-0.15, -0.1) is 0 Å². The van der Waals surface area contributed by atoms with Gasteiger partial charge in [0.15, 0.2) is 23.4 Å². The standard InChI is InChI=1S/C11H9N5O2/c17-7-2-1-6(3-8(7)18)16-11-9-10(13-4-12-9)14-5-15-11/h1-5,9,17-18H,(H,12,13,14,15,16). The number of nitrogens with one attached hydrogen (secondary N) is 1. The highest BCUT2D eigenvalue weighted by molar-refractivity contribution is 6.23. The molecule has 0 radical (unpaired) electrons. The lowest BCUT2D eigenvalue weighted by Crippen LogP contribution is -2.33. The molecule has 1 aromatic rings. The van der Waals surface area contributed by atoms with Crippen molar-refractivity contribution in [1.82, 2.24) is 0 Å². The average Bonchev–Trinajstić information content (AvgIpc) is 2.83. The molecule has 0 amide bonds. The number of amidine groups is 2. The maximum atomic E-state index is 9.41. The molecule has 0 aromatic heterocycles. The Morgan fingerprint density at radius 3 is 2.78 bits per heavy atom. The van der Waals surface area contributed by atoms with Gasteiger partial charge in [0.25, 0.3) is 0 Å². The van der Waals surface area contributed by atoms with Crippen molar-refractivity contribution in [3.63, 3.8) is 0 Å². The van der Waals surface area contributed by atoms with Gasteiger partial charge in [-0.25, -0.2) is 15.0 Å². The Bertz CT molecular complexity index is 618. The summed E-state index contributed by atoms with van der Waals surface area (Å²) in [6.45, 7) is 0. The third kappa shape index (κ3) is 1.71. The van der Waals surface area contributed by atoms with Gasteiger partial charge in [0.2, 0.25) is 0 Å². The Kier molecular flexibility index (Phi) is 2.30. The van der Waals surface area contributed by atoms with E-state index in [0.717, 1.165) is 0 Å². The van der Waals surface area contributed by atoms with Gasteiger partial charge in [-0.2, -0.15) is 0 Å². The Morgan fingerprint density at radius 2 is 1.94 bits per heavy atom.